The zero-order valence-corrected chi connectivity index (χ0v) is 19.4. The number of nitrogens with zero attached hydrogens (tertiary/aromatic N) is 1. The smallest absolute Gasteiger partial charge is 0.326 e. The summed E-state index contributed by atoms with van der Waals surface area (Å²) >= 11 is 0. The van der Waals surface area contributed by atoms with Crippen LogP contribution in [0.1, 0.15) is 30.5 Å². The van der Waals surface area contributed by atoms with Gasteiger partial charge in [-0.2, -0.15) is 0 Å². The number of carboxylic acid groups (broad SMARTS) is 1. The maximum Gasteiger partial charge on any atom is 0.326 e. The second-order valence-electron chi connectivity index (χ2n) is 8.04. The van der Waals surface area contributed by atoms with Crippen molar-refractivity contribution in [1.29, 1.82) is 0 Å². The highest BCUT2D eigenvalue weighted by molar-refractivity contribution is 5.93. The topological polar surface area (TPSA) is 205 Å². The Morgan fingerprint density at radius 3 is 2.14 bits per heavy atom. The number of aromatic amines is 1. The molecule has 1 heterocycles. The largest absolute Gasteiger partial charge is 0.480 e. The van der Waals surface area contributed by atoms with Crippen LogP contribution in [0.4, 0.5) is 0 Å². The van der Waals surface area contributed by atoms with E-state index in [2.05, 4.69) is 25.9 Å². The number of hydrogen-bond acceptors (Lipinski definition) is 7. The summed E-state index contributed by atoms with van der Waals surface area (Å²) in [6.07, 6.45) is 4.53. The third kappa shape index (κ3) is 9.55. The van der Waals surface area contributed by atoms with E-state index in [0.29, 0.717) is 25.1 Å². The lowest BCUT2D eigenvalue weighted by atomic mass is 10.0. The summed E-state index contributed by atoms with van der Waals surface area (Å²) < 4.78 is 0. The molecule has 9 N–H and O–H groups in total. The van der Waals surface area contributed by atoms with Crippen molar-refractivity contribution in [2.45, 2.75) is 50.2 Å². The number of aromatic nitrogens is 2. The highest BCUT2D eigenvalue weighted by Crippen LogP contribution is 2.08. The summed E-state index contributed by atoms with van der Waals surface area (Å²) in [5.41, 5.74) is 12.2. The third-order valence-electron chi connectivity index (χ3n) is 5.29. The van der Waals surface area contributed by atoms with E-state index in [1.54, 1.807) is 24.3 Å². The number of nitrogens with two attached hydrogens (primary N) is 2. The number of amides is 3. The Hall–Kier alpha value is -3.77. The fraction of sp³-hybridized carbons (Fsp3) is 0.435. The van der Waals surface area contributed by atoms with Crippen LogP contribution in [-0.2, 0) is 32.0 Å². The normalized spacial score (nSPS) is 13.3. The Kier molecular flexibility index (Phi) is 11.4. The Morgan fingerprint density at radius 2 is 1.57 bits per heavy atom. The molecule has 2 rings (SSSR count). The summed E-state index contributed by atoms with van der Waals surface area (Å²) in [5.74, 6) is -2.98. The van der Waals surface area contributed by atoms with Gasteiger partial charge in [-0.1, -0.05) is 30.3 Å². The maximum atomic E-state index is 13.1. The minimum Gasteiger partial charge on any atom is -0.480 e. The van der Waals surface area contributed by atoms with Crippen molar-refractivity contribution in [2.24, 2.45) is 11.5 Å². The number of nitrogens with one attached hydrogen (secondary N) is 4. The summed E-state index contributed by atoms with van der Waals surface area (Å²) in [6.45, 7) is 0.100. The number of aliphatic carboxylic acids is 1. The molecular formula is C23H33N7O5. The molecule has 0 aliphatic heterocycles. The molecule has 35 heavy (non-hydrogen) atoms. The summed E-state index contributed by atoms with van der Waals surface area (Å²) in [7, 11) is 0. The fourth-order valence-electron chi connectivity index (χ4n) is 3.43. The number of rotatable bonds is 15. The highest BCUT2D eigenvalue weighted by atomic mass is 16.4. The summed E-state index contributed by atoms with van der Waals surface area (Å²) in [5, 5.41) is 17.3. The van der Waals surface area contributed by atoms with Gasteiger partial charge in [-0.05, 0) is 31.4 Å². The van der Waals surface area contributed by atoms with Gasteiger partial charge in [-0.3, -0.25) is 14.4 Å². The lowest BCUT2D eigenvalue weighted by Crippen LogP contribution is -2.57. The SMILES string of the molecule is NCCCCC(NC(=O)C(Cc1ccccc1)NC(=O)C(Cc1cnc[nH]1)NC(=O)CN)C(=O)O. The van der Waals surface area contributed by atoms with Gasteiger partial charge >= 0.3 is 5.97 Å². The minimum atomic E-state index is -1.17. The molecule has 0 spiro atoms. The van der Waals surface area contributed by atoms with E-state index in [9.17, 15) is 24.3 Å². The lowest BCUT2D eigenvalue weighted by molar-refractivity contribution is -0.142. The molecular weight excluding hydrogens is 454 g/mol. The second-order valence-corrected chi connectivity index (χ2v) is 8.04. The fourth-order valence-corrected chi connectivity index (χ4v) is 3.43. The number of carbonyl (C=O) groups excluding carboxylic acids is 3. The number of imidazole rings is 1. The first-order valence-electron chi connectivity index (χ1n) is 11.4. The summed E-state index contributed by atoms with van der Waals surface area (Å²) in [4.78, 5) is 56.6. The molecule has 1 aromatic carbocycles. The van der Waals surface area contributed by atoms with Crippen LogP contribution in [-0.4, -0.2) is 70.0 Å². The molecule has 0 saturated heterocycles. The van der Waals surface area contributed by atoms with Gasteiger partial charge in [0.05, 0.1) is 12.9 Å². The van der Waals surface area contributed by atoms with Gasteiger partial charge in [0.1, 0.15) is 18.1 Å². The maximum absolute atomic E-state index is 13.1. The Morgan fingerprint density at radius 1 is 0.914 bits per heavy atom. The monoisotopic (exact) mass is 487 g/mol. The van der Waals surface area contributed by atoms with E-state index in [1.165, 1.54) is 12.5 Å². The number of carbonyl (C=O) groups is 4. The van der Waals surface area contributed by atoms with E-state index in [1.807, 2.05) is 6.07 Å². The van der Waals surface area contributed by atoms with Gasteiger partial charge in [0.15, 0.2) is 0 Å². The van der Waals surface area contributed by atoms with Gasteiger partial charge < -0.3 is 37.5 Å². The molecule has 3 unspecified atom stereocenters. The molecule has 3 atom stereocenters. The molecule has 12 heteroatoms. The lowest BCUT2D eigenvalue weighted by Gasteiger charge is -2.24. The number of carboxylic acids is 1. The standard InChI is InChI=1S/C23H33N7O5/c24-9-5-4-8-17(23(34)35)29-21(32)18(10-15-6-2-1-3-7-15)30-22(33)19(28-20(31)12-25)11-16-13-26-14-27-16/h1-3,6-7,13-14,17-19H,4-5,8-12,24-25H2,(H,26,27)(H,28,31)(H,29,32)(H,30,33)(H,34,35). The molecule has 0 aliphatic rings. The number of benzene rings is 1. The van der Waals surface area contributed by atoms with Crippen LogP contribution in [0, 0.1) is 0 Å². The Bertz CT molecular complexity index is 952. The van der Waals surface area contributed by atoms with E-state index < -0.39 is 41.8 Å². The van der Waals surface area contributed by atoms with E-state index in [4.69, 9.17) is 11.5 Å². The van der Waals surface area contributed by atoms with Crippen molar-refractivity contribution in [1.82, 2.24) is 25.9 Å². The molecule has 0 radical (unpaired) electrons. The van der Waals surface area contributed by atoms with Gasteiger partial charge in [0, 0.05) is 24.7 Å². The number of hydrogen-bond donors (Lipinski definition) is 7. The van der Waals surface area contributed by atoms with Crippen molar-refractivity contribution in [3.8, 4) is 0 Å². The van der Waals surface area contributed by atoms with Gasteiger partial charge in [0.25, 0.3) is 0 Å². The molecule has 12 nitrogen and oxygen atoms in total. The van der Waals surface area contributed by atoms with E-state index in [0.717, 1.165) is 5.56 Å². The van der Waals surface area contributed by atoms with Crippen molar-refractivity contribution in [3.05, 3.63) is 54.1 Å². The van der Waals surface area contributed by atoms with E-state index in [-0.39, 0.29) is 25.8 Å². The second kappa shape index (κ2) is 14.5. The minimum absolute atomic E-state index is 0.0914. The molecule has 0 aliphatic carbocycles. The predicted molar refractivity (Wildman–Crippen MR) is 128 cm³/mol. The van der Waals surface area contributed by atoms with Crippen LogP contribution in [0.3, 0.4) is 0 Å². The van der Waals surface area contributed by atoms with Gasteiger partial charge in [0.2, 0.25) is 17.7 Å². The molecule has 0 saturated carbocycles. The van der Waals surface area contributed by atoms with Crippen molar-refractivity contribution in [3.63, 3.8) is 0 Å². The van der Waals surface area contributed by atoms with Crippen molar-refractivity contribution in [2.75, 3.05) is 13.1 Å². The first-order valence-corrected chi connectivity index (χ1v) is 11.4. The van der Waals surface area contributed by atoms with Gasteiger partial charge in [-0.25, -0.2) is 9.78 Å². The highest BCUT2D eigenvalue weighted by Gasteiger charge is 2.30. The van der Waals surface area contributed by atoms with Gasteiger partial charge in [-0.15, -0.1) is 0 Å². The van der Waals surface area contributed by atoms with Crippen LogP contribution in [0.5, 0.6) is 0 Å². The first-order chi connectivity index (χ1) is 16.8. The van der Waals surface area contributed by atoms with Crippen molar-refractivity contribution < 1.29 is 24.3 Å². The molecule has 0 bridgehead atoms. The van der Waals surface area contributed by atoms with Crippen LogP contribution in [0.2, 0.25) is 0 Å². The predicted octanol–water partition coefficient (Wildman–Crippen LogP) is -1.18. The number of H-pyrrole nitrogens is 1. The quantitative estimate of drug-likeness (QED) is 0.152. The molecule has 190 valence electrons. The average Bonchev–Trinajstić information content (AvgIpc) is 3.36. The molecule has 0 fully saturated rings. The Labute approximate surface area is 203 Å². The van der Waals surface area contributed by atoms with Crippen LogP contribution < -0.4 is 27.4 Å². The van der Waals surface area contributed by atoms with Crippen LogP contribution in [0.25, 0.3) is 0 Å². The molecule has 3 amide bonds. The molecule has 2 aromatic rings. The van der Waals surface area contributed by atoms with Crippen LogP contribution >= 0.6 is 0 Å². The average molecular weight is 488 g/mol. The Balaban J connectivity index is 2.20. The van der Waals surface area contributed by atoms with Crippen molar-refractivity contribution >= 4 is 23.7 Å². The molecule has 1 aromatic heterocycles. The third-order valence-corrected chi connectivity index (χ3v) is 5.29. The van der Waals surface area contributed by atoms with E-state index >= 15 is 0 Å². The first kappa shape index (κ1) is 27.5. The summed E-state index contributed by atoms with van der Waals surface area (Å²) in [6, 6.07) is 5.75. The zero-order valence-electron chi connectivity index (χ0n) is 19.4. The van der Waals surface area contributed by atoms with Crippen LogP contribution in [0.15, 0.2) is 42.9 Å². The zero-order chi connectivity index (χ0) is 25.6. The number of unbranched alkanes of at least 4 members (excludes halogenated alkanes) is 1.